The molecule has 16 heavy (non-hydrogen) atoms. The first kappa shape index (κ1) is 10.7. The molecule has 0 amide bonds. The van der Waals surface area contributed by atoms with Crippen LogP contribution in [-0.2, 0) is 0 Å². The van der Waals surface area contributed by atoms with E-state index < -0.39 is 17.5 Å². The zero-order chi connectivity index (χ0) is 11.7. The van der Waals surface area contributed by atoms with Gasteiger partial charge < -0.3 is 15.1 Å². The lowest BCUT2D eigenvalue weighted by atomic mass is 10.1. The van der Waals surface area contributed by atoms with Crippen molar-refractivity contribution in [3.63, 3.8) is 0 Å². The Morgan fingerprint density at radius 2 is 1.94 bits per heavy atom. The number of carboxylic acid groups (broad SMARTS) is 1. The Morgan fingerprint density at radius 3 is 2.50 bits per heavy atom. The standard InChI is InChI=1S/C11H12FNO3/c12-8-5-7(11(15)16)6-9(10(8)14)13-3-1-2-4-13/h5-6,14H,1-4H2,(H,15,16). The average molecular weight is 225 g/mol. The van der Waals surface area contributed by atoms with Crippen molar-refractivity contribution >= 4 is 11.7 Å². The summed E-state index contributed by atoms with van der Waals surface area (Å²) in [5, 5.41) is 18.4. The van der Waals surface area contributed by atoms with Crippen LogP contribution in [0.5, 0.6) is 5.75 Å². The van der Waals surface area contributed by atoms with Gasteiger partial charge in [0.25, 0.3) is 0 Å². The maximum absolute atomic E-state index is 13.3. The lowest BCUT2D eigenvalue weighted by molar-refractivity contribution is 0.0696. The smallest absolute Gasteiger partial charge is 0.335 e. The molecule has 0 atom stereocenters. The first-order valence-electron chi connectivity index (χ1n) is 5.10. The molecule has 0 saturated carbocycles. The van der Waals surface area contributed by atoms with Gasteiger partial charge in [0.15, 0.2) is 11.6 Å². The van der Waals surface area contributed by atoms with E-state index in [0.29, 0.717) is 0 Å². The number of aromatic carboxylic acids is 1. The minimum atomic E-state index is -1.20. The molecular weight excluding hydrogens is 213 g/mol. The van der Waals surface area contributed by atoms with Gasteiger partial charge in [-0.25, -0.2) is 9.18 Å². The zero-order valence-corrected chi connectivity index (χ0v) is 8.61. The van der Waals surface area contributed by atoms with E-state index in [2.05, 4.69) is 0 Å². The lowest BCUT2D eigenvalue weighted by Crippen LogP contribution is -2.18. The van der Waals surface area contributed by atoms with E-state index >= 15 is 0 Å². The van der Waals surface area contributed by atoms with Crippen molar-refractivity contribution in [2.45, 2.75) is 12.8 Å². The summed E-state index contributed by atoms with van der Waals surface area (Å²) in [5.41, 5.74) is 0.132. The van der Waals surface area contributed by atoms with Crippen molar-refractivity contribution in [1.29, 1.82) is 0 Å². The quantitative estimate of drug-likeness (QED) is 0.806. The van der Waals surface area contributed by atoms with Crippen molar-refractivity contribution < 1.29 is 19.4 Å². The maximum Gasteiger partial charge on any atom is 0.335 e. The van der Waals surface area contributed by atoms with Gasteiger partial charge in [-0.15, -0.1) is 0 Å². The minimum absolute atomic E-state index is 0.141. The molecule has 4 nitrogen and oxygen atoms in total. The van der Waals surface area contributed by atoms with E-state index in [9.17, 15) is 14.3 Å². The van der Waals surface area contributed by atoms with Gasteiger partial charge >= 0.3 is 5.97 Å². The number of aromatic hydroxyl groups is 1. The molecule has 0 radical (unpaired) electrons. The Bertz CT molecular complexity index is 427. The van der Waals surface area contributed by atoms with Crippen molar-refractivity contribution in [3.05, 3.63) is 23.5 Å². The predicted octanol–water partition coefficient (Wildman–Crippen LogP) is 1.83. The van der Waals surface area contributed by atoms with Gasteiger partial charge in [0.05, 0.1) is 11.3 Å². The second-order valence-corrected chi connectivity index (χ2v) is 3.83. The zero-order valence-electron chi connectivity index (χ0n) is 8.61. The van der Waals surface area contributed by atoms with Gasteiger partial charge in [0.1, 0.15) is 0 Å². The molecule has 1 fully saturated rings. The highest BCUT2D eigenvalue weighted by molar-refractivity contribution is 5.89. The maximum atomic E-state index is 13.3. The third-order valence-electron chi connectivity index (χ3n) is 2.74. The molecule has 0 aromatic heterocycles. The summed E-state index contributed by atoms with van der Waals surface area (Å²) in [5.74, 6) is -2.55. The van der Waals surface area contributed by atoms with Crippen LogP contribution >= 0.6 is 0 Å². The number of carboxylic acids is 1. The Morgan fingerprint density at radius 1 is 1.31 bits per heavy atom. The molecule has 0 aliphatic carbocycles. The van der Waals surface area contributed by atoms with Crippen molar-refractivity contribution in [2.24, 2.45) is 0 Å². The third-order valence-corrected chi connectivity index (χ3v) is 2.74. The molecule has 1 aliphatic rings. The number of carbonyl (C=O) groups is 1. The summed E-state index contributed by atoms with van der Waals surface area (Å²) >= 11 is 0. The normalized spacial score (nSPS) is 15.4. The van der Waals surface area contributed by atoms with Crippen LogP contribution < -0.4 is 4.90 Å². The van der Waals surface area contributed by atoms with E-state index in [4.69, 9.17) is 5.11 Å². The monoisotopic (exact) mass is 225 g/mol. The van der Waals surface area contributed by atoms with Crippen LogP contribution in [-0.4, -0.2) is 29.3 Å². The van der Waals surface area contributed by atoms with Crippen LogP contribution in [0.1, 0.15) is 23.2 Å². The summed E-state index contributed by atoms with van der Waals surface area (Å²) in [6.45, 7) is 1.44. The average Bonchev–Trinajstić information content (AvgIpc) is 2.74. The van der Waals surface area contributed by atoms with Gasteiger partial charge in [0, 0.05) is 13.1 Å². The molecule has 86 valence electrons. The fourth-order valence-electron chi connectivity index (χ4n) is 1.91. The van der Waals surface area contributed by atoms with Gasteiger partial charge in [-0.3, -0.25) is 0 Å². The SMILES string of the molecule is O=C(O)c1cc(F)c(O)c(N2CCCC2)c1. The van der Waals surface area contributed by atoms with Gasteiger partial charge in [-0.1, -0.05) is 0 Å². The van der Waals surface area contributed by atoms with Gasteiger partial charge in [-0.2, -0.15) is 0 Å². The molecule has 1 aromatic rings. The molecule has 2 N–H and O–H groups in total. The topological polar surface area (TPSA) is 60.8 Å². The van der Waals surface area contributed by atoms with E-state index in [1.807, 2.05) is 0 Å². The highest BCUT2D eigenvalue weighted by Crippen LogP contribution is 2.33. The largest absolute Gasteiger partial charge is 0.503 e. The van der Waals surface area contributed by atoms with Crippen molar-refractivity contribution in [1.82, 2.24) is 0 Å². The highest BCUT2D eigenvalue weighted by atomic mass is 19.1. The number of anilines is 1. The summed E-state index contributed by atoms with van der Waals surface area (Å²) in [6.07, 6.45) is 1.94. The molecule has 0 spiro atoms. The number of rotatable bonds is 2. The number of halogens is 1. The lowest BCUT2D eigenvalue weighted by Gasteiger charge is -2.19. The second kappa shape index (κ2) is 4.00. The van der Waals surface area contributed by atoms with Crippen molar-refractivity contribution in [3.8, 4) is 5.75 Å². The van der Waals surface area contributed by atoms with E-state index in [1.54, 1.807) is 4.90 Å². The van der Waals surface area contributed by atoms with E-state index in [1.165, 1.54) is 6.07 Å². The molecule has 5 heteroatoms. The number of hydrogen-bond acceptors (Lipinski definition) is 3. The Kier molecular flexibility index (Phi) is 2.68. The Balaban J connectivity index is 2.45. The highest BCUT2D eigenvalue weighted by Gasteiger charge is 2.20. The molecule has 2 rings (SSSR count). The van der Waals surface area contributed by atoms with Crippen LogP contribution in [0.4, 0.5) is 10.1 Å². The van der Waals surface area contributed by atoms with Crippen LogP contribution in [0.3, 0.4) is 0 Å². The van der Waals surface area contributed by atoms with Crippen LogP contribution in [0.2, 0.25) is 0 Å². The van der Waals surface area contributed by atoms with Crippen LogP contribution in [0, 0.1) is 5.82 Å². The van der Waals surface area contributed by atoms with Gasteiger partial charge in [0.2, 0.25) is 0 Å². The summed E-state index contributed by atoms with van der Waals surface area (Å²) in [7, 11) is 0. The van der Waals surface area contributed by atoms with E-state index in [-0.39, 0.29) is 11.3 Å². The summed E-state index contributed by atoms with van der Waals surface area (Å²) < 4.78 is 13.3. The molecule has 0 bridgehead atoms. The Labute approximate surface area is 91.9 Å². The number of benzene rings is 1. The fourth-order valence-corrected chi connectivity index (χ4v) is 1.91. The number of hydrogen-bond donors (Lipinski definition) is 2. The summed E-state index contributed by atoms with van der Waals surface area (Å²) in [6, 6.07) is 2.14. The number of phenols is 1. The predicted molar refractivity (Wildman–Crippen MR) is 56.5 cm³/mol. The van der Waals surface area contributed by atoms with Crippen molar-refractivity contribution in [2.75, 3.05) is 18.0 Å². The molecule has 1 saturated heterocycles. The van der Waals surface area contributed by atoms with Crippen LogP contribution in [0.25, 0.3) is 0 Å². The third kappa shape index (κ3) is 1.80. The Hall–Kier alpha value is -1.78. The summed E-state index contributed by atoms with van der Waals surface area (Å²) in [4.78, 5) is 12.6. The first-order chi connectivity index (χ1) is 7.59. The fraction of sp³-hybridized carbons (Fsp3) is 0.364. The molecule has 0 unspecified atom stereocenters. The van der Waals surface area contributed by atoms with Gasteiger partial charge in [-0.05, 0) is 25.0 Å². The molecule has 1 heterocycles. The number of phenolic OH excluding ortho intramolecular Hbond substituents is 1. The minimum Gasteiger partial charge on any atom is -0.503 e. The number of nitrogens with zero attached hydrogens (tertiary/aromatic N) is 1. The molecular formula is C11H12FNO3. The van der Waals surface area contributed by atoms with Crippen LogP contribution in [0.15, 0.2) is 12.1 Å². The first-order valence-corrected chi connectivity index (χ1v) is 5.10. The van der Waals surface area contributed by atoms with E-state index in [0.717, 1.165) is 32.0 Å². The molecule has 1 aromatic carbocycles. The second-order valence-electron chi connectivity index (χ2n) is 3.83. The molecule has 1 aliphatic heterocycles.